The number of alkyl halides is 1. The van der Waals surface area contributed by atoms with Crippen molar-refractivity contribution in [3.63, 3.8) is 0 Å². The number of hydrogen-bond acceptors (Lipinski definition) is 5. The van der Waals surface area contributed by atoms with E-state index in [0.29, 0.717) is 11.8 Å². The molecule has 0 aromatic carbocycles. The number of halogens is 1. The molecular formula is C11H17ClN4O. The molecule has 1 saturated heterocycles. The van der Waals surface area contributed by atoms with Crippen LogP contribution in [0.3, 0.4) is 0 Å². The van der Waals surface area contributed by atoms with E-state index in [2.05, 4.69) is 19.8 Å². The Kier molecular flexibility index (Phi) is 4.39. The van der Waals surface area contributed by atoms with E-state index in [-0.39, 0.29) is 0 Å². The van der Waals surface area contributed by atoms with Crippen LogP contribution in [-0.2, 0) is 0 Å². The molecule has 2 heterocycles. The summed E-state index contributed by atoms with van der Waals surface area (Å²) in [6, 6.07) is 1.76. The second-order valence-electron chi connectivity index (χ2n) is 3.92. The van der Waals surface area contributed by atoms with Gasteiger partial charge in [0.15, 0.2) is 0 Å². The second kappa shape index (κ2) is 6.02. The lowest BCUT2D eigenvalue weighted by Crippen LogP contribution is -2.47. The van der Waals surface area contributed by atoms with Crippen molar-refractivity contribution in [2.24, 2.45) is 0 Å². The van der Waals surface area contributed by atoms with Crippen LogP contribution in [0.25, 0.3) is 0 Å². The average Bonchev–Trinajstić information content (AvgIpc) is 2.40. The molecule has 5 nitrogen and oxygen atoms in total. The Morgan fingerprint density at radius 3 is 2.76 bits per heavy atom. The summed E-state index contributed by atoms with van der Waals surface area (Å²) in [4.78, 5) is 13.1. The maximum atomic E-state index is 5.73. The quantitative estimate of drug-likeness (QED) is 0.747. The third-order valence-corrected chi connectivity index (χ3v) is 3.05. The first-order valence-corrected chi connectivity index (χ1v) is 6.27. The van der Waals surface area contributed by atoms with Crippen LogP contribution in [0.4, 0.5) is 5.95 Å². The molecule has 1 fully saturated rings. The number of ether oxygens (including phenoxy) is 1. The van der Waals surface area contributed by atoms with Crippen molar-refractivity contribution in [1.82, 2.24) is 14.9 Å². The Bertz CT molecular complexity index is 355. The Morgan fingerprint density at radius 1 is 1.35 bits per heavy atom. The van der Waals surface area contributed by atoms with Gasteiger partial charge in [-0.2, -0.15) is 4.98 Å². The lowest BCUT2D eigenvalue weighted by molar-refractivity contribution is 0.271. The third kappa shape index (κ3) is 3.20. The molecule has 2 rings (SSSR count). The van der Waals surface area contributed by atoms with Gasteiger partial charge in [-0.05, 0) is 0 Å². The largest absolute Gasteiger partial charge is 0.481 e. The van der Waals surface area contributed by atoms with Gasteiger partial charge in [0, 0.05) is 50.9 Å². The maximum absolute atomic E-state index is 5.73. The fourth-order valence-corrected chi connectivity index (χ4v) is 2.13. The zero-order valence-electron chi connectivity index (χ0n) is 9.97. The van der Waals surface area contributed by atoms with E-state index in [1.807, 2.05) is 0 Å². The van der Waals surface area contributed by atoms with Crippen molar-refractivity contribution in [1.29, 1.82) is 0 Å². The van der Waals surface area contributed by atoms with Gasteiger partial charge in [-0.25, -0.2) is 4.98 Å². The molecular weight excluding hydrogens is 240 g/mol. The van der Waals surface area contributed by atoms with E-state index in [9.17, 15) is 0 Å². The van der Waals surface area contributed by atoms with Crippen molar-refractivity contribution in [3.05, 3.63) is 12.3 Å². The molecule has 1 aliphatic rings. The van der Waals surface area contributed by atoms with Gasteiger partial charge >= 0.3 is 0 Å². The summed E-state index contributed by atoms with van der Waals surface area (Å²) in [5.74, 6) is 2.04. The Balaban J connectivity index is 1.95. The summed E-state index contributed by atoms with van der Waals surface area (Å²) >= 11 is 5.73. The standard InChI is InChI=1S/C11H17ClN4O/c1-17-10-2-4-13-11(14-10)16-8-6-15(5-3-12)7-9-16/h2,4H,3,5-9H2,1H3. The molecule has 94 valence electrons. The number of methoxy groups -OCH3 is 1. The van der Waals surface area contributed by atoms with E-state index in [1.54, 1.807) is 19.4 Å². The van der Waals surface area contributed by atoms with E-state index in [1.165, 1.54) is 0 Å². The predicted molar refractivity (Wildman–Crippen MR) is 68.0 cm³/mol. The highest BCUT2D eigenvalue weighted by Crippen LogP contribution is 2.14. The SMILES string of the molecule is COc1ccnc(N2CCN(CCCl)CC2)n1. The smallest absolute Gasteiger partial charge is 0.228 e. The molecule has 0 aliphatic carbocycles. The first kappa shape index (κ1) is 12.4. The van der Waals surface area contributed by atoms with E-state index >= 15 is 0 Å². The van der Waals surface area contributed by atoms with Crippen LogP contribution in [-0.4, -0.2) is 60.6 Å². The van der Waals surface area contributed by atoms with Gasteiger partial charge in [-0.3, -0.25) is 4.90 Å². The summed E-state index contributed by atoms with van der Waals surface area (Å²) in [5.41, 5.74) is 0. The Morgan fingerprint density at radius 2 is 2.12 bits per heavy atom. The Labute approximate surface area is 106 Å². The van der Waals surface area contributed by atoms with Crippen molar-refractivity contribution in [3.8, 4) is 5.88 Å². The van der Waals surface area contributed by atoms with Crippen LogP contribution < -0.4 is 9.64 Å². The van der Waals surface area contributed by atoms with Crippen molar-refractivity contribution < 1.29 is 4.74 Å². The zero-order valence-corrected chi connectivity index (χ0v) is 10.7. The van der Waals surface area contributed by atoms with Gasteiger partial charge in [-0.1, -0.05) is 0 Å². The van der Waals surface area contributed by atoms with Crippen molar-refractivity contribution in [2.75, 3.05) is 50.6 Å². The highest BCUT2D eigenvalue weighted by atomic mass is 35.5. The van der Waals surface area contributed by atoms with Gasteiger partial charge in [0.1, 0.15) is 0 Å². The topological polar surface area (TPSA) is 41.5 Å². The number of nitrogens with zero attached hydrogens (tertiary/aromatic N) is 4. The summed E-state index contributed by atoms with van der Waals surface area (Å²) < 4.78 is 5.10. The molecule has 0 spiro atoms. The highest BCUT2D eigenvalue weighted by Gasteiger charge is 2.18. The van der Waals surface area contributed by atoms with Crippen LogP contribution in [0, 0.1) is 0 Å². The molecule has 6 heteroatoms. The number of piperazine rings is 1. The molecule has 1 aromatic rings. The second-order valence-corrected chi connectivity index (χ2v) is 4.29. The van der Waals surface area contributed by atoms with Crippen LogP contribution in [0.15, 0.2) is 12.3 Å². The maximum Gasteiger partial charge on any atom is 0.228 e. The summed E-state index contributed by atoms with van der Waals surface area (Å²) in [6.45, 7) is 4.84. The fraction of sp³-hybridized carbons (Fsp3) is 0.636. The molecule has 0 bridgehead atoms. The molecule has 0 saturated carbocycles. The number of hydrogen-bond donors (Lipinski definition) is 0. The van der Waals surface area contributed by atoms with E-state index < -0.39 is 0 Å². The minimum atomic E-state index is 0.609. The number of rotatable bonds is 4. The summed E-state index contributed by atoms with van der Waals surface area (Å²) in [5, 5.41) is 0. The van der Waals surface area contributed by atoms with E-state index in [4.69, 9.17) is 16.3 Å². The summed E-state index contributed by atoms with van der Waals surface area (Å²) in [7, 11) is 1.62. The van der Waals surface area contributed by atoms with Gasteiger partial charge in [-0.15, -0.1) is 11.6 Å². The molecule has 1 aliphatic heterocycles. The van der Waals surface area contributed by atoms with Gasteiger partial charge in [0.25, 0.3) is 0 Å². The first-order chi connectivity index (χ1) is 8.33. The van der Waals surface area contributed by atoms with Crippen LogP contribution >= 0.6 is 11.6 Å². The number of aromatic nitrogens is 2. The fourth-order valence-electron chi connectivity index (χ4n) is 1.89. The lowest BCUT2D eigenvalue weighted by Gasteiger charge is -2.34. The molecule has 0 atom stereocenters. The van der Waals surface area contributed by atoms with Gasteiger partial charge in [0.05, 0.1) is 7.11 Å². The third-order valence-electron chi connectivity index (χ3n) is 2.88. The monoisotopic (exact) mass is 256 g/mol. The number of anilines is 1. The van der Waals surface area contributed by atoms with Crippen LogP contribution in [0.5, 0.6) is 5.88 Å². The predicted octanol–water partition coefficient (Wildman–Crippen LogP) is 0.846. The van der Waals surface area contributed by atoms with Crippen molar-refractivity contribution in [2.45, 2.75) is 0 Å². The van der Waals surface area contributed by atoms with Gasteiger partial charge < -0.3 is 9.64 Å². The van der Waals surface area contributed by atoms with Crippen LogP contribution in [0.2, 0.25) is 0 Å². The molecule has 0 radical (unpaired) electrons. The molecule has 0 amide bonds. The van der Waals surface area contributed by atoms with Gasteiger partial charge in [0.2, 0.25) is 11.8 Å². The first-order valence-electron chi connectivity index (χ1n) is 5.74. The zero-order chi connectivity index (χ0) is 12.1. The normalized spacial score (nSPS) is 17.2. The molecule has 0 N–H and O–H groups in total. The summed E-state index contributed by atoms with van der Waals surface area (Å²) in [6.07, 6.45) is 1.73. The van der Waals surface area contributed by atoms with Crippen molar-refractivity contribution >= 4 is 17.5 Å². The van der Waals surface area contributed by atoms with Crippen LogP contribution in [0.1, 0.15) is 0 Å². The molecule has 0 unspecified atom stereocenters. The lowest BCUT2D eigenvalue weighted by atomic mass is 10.3. The highest BCUT2D eigenvalue weighted by molar-refractivity contribution is 6.18. The molecule has 17 heavy (non-hydrogen) atoms. The average molecular weight is 257 g/mol. The minimum Gasteiger partial charge on any atom is -0.481 e. The Hall–Kier alpha value is -1.07. The minimum absolute atomic E-state index is 0.609. The molecule has 1 aromatic heterocycles. The van der Waals surface area contributed by atoms with E-state index in [0.717, 1.165) is 38.7 Å².